The summed E-state index contributed by atoms with van der Waals surface area (Å²) in [5, 5.41) is 5.21. The van der Waals surface area contributed by atoms with E-state index < -0.39 is 0 Å². The lowest BCUT2D eigenvalue weighted by Gasteiger charge is -2.05. The lowest BCUT2D eigenvalue weighted by Crippen LogP contribution is -2.01. The van der Waals surface area contributed by atoms with E-state index >= 15 is 0 Å². The van der Waals surface area contributed by atoms with Crippen molar-refractivity contribution in [3.05, 3.63) is 96.5 Å². The maximum atomic E-state index is 12.0. The number of para-hydroxylation sites is 1. The fraction of sp³-hybridized carbons (Fsp3) is 0.0455. The highest BCUT2D eigenvalue weighted by atomic mass is 16.5. The Bertz CT molecular complexity index is 1080. The fourth-order valence-electron chi connectivity index (χ4n) is 2.79. The average molecular weight is 355 g/mol. The summed E-state index contributed by atoms with van der Waals surface area (Å²) in [6.07, 6.45) is 8.51. The molecule has 0 bridgehead atoms. The molecule has 0 aliphatic rings. The van der Waals surface area contributed by atoms with Crippen LogP contribution in [-0.2, 0) is 16.1 Å². The lowest BCUT2D eigenvalue weighted by atomic mass is 10.1. The van der Waals surface area contributed by atoms with Gasteiger partial charge < -0.3 is 4.74 Å². The number of hydrogen-bond acceptors (Lipinski definition) is 4. The summed E-state index contributed by atoms with van der Waals surface area (Å²) in [6, 6.07) is 19.3. The summed E-state index contributed by atoms with van der Waals surface area (Å²) >= 11 is 0. The Kier molecular flexibility index (Phi) is 4.74. The molecule has 132 valence electrons. The molecule has 0 atom stereocenters. The van der Waals surface area contributed by atoms with Gasteiger partial charge in [-0.3, -0.25) is 4.98 Å². The van der Waals surface area contributed by atoms with E-state index in [2.05, 4.69) is 10.1 Å². The molecule has 2 heterocycles. The van der Waals surface area contributed by atoms with E-state index in [-0.39, 0.29) is 12.6 Å². The monoisotopic (exact) mass is 355 g/mol. The third-order valence-electron chi connectivity index (χ3n) is 4.15. The Morgan fingerprint density at radius 2 is 1.85 bits per heavy atom. The molecule has 0 saturated heterocycles. The van der Waals surface area contributed by atoms with Gasteiger partial charge in [-0.2, -0.15) is 5.10 Å². The van der Waals surface area contributed by atoms with E-state index in [0.29, 0.717) is 0 Å². The van der Waals surface area contributed by atoms with Gasteiger partial charge in [0.1, 0.15) is 6.61 Å². The largest absolute Gasteiger partial charge is 0.458 e. The van der Waals surface area contributed by atoms with E-state index in [0.717, 1.165) is 27.7 Å². The SMILES string of the molecule is O=C(/C=C/c1cccc2cccnc12)OCc1ccc(-n2cccn2)cc1. The summed E-state index contributed by atoms with van der Waals surface area (Å²) in [4.78, 5) is 16.4. The fourth-order valence-corrected chi connectivity index (χ4v) is 2.79. The van der Waals surface area contributed by atoms with Crippen LogP contribution >= 0.6 is 0 Å². The Labute approximate surface area is 156 Å². The van der Waals surface area contributed by atoms with Crippen LogP contribution in [0.25, 0.3) is 22.7 Å². The minimum absolute atomic E-state index is 0.219. The molecular formula is C22H17N3O2. The number of aromatic nitrogens is 3. The van der Waals surface area contributed by atoms with Crippen LogP contribution in [0.5, 0.6) is 0 Å². The van der Waals surface area contributed by atoms with Gasteiger partial charge >= 0.3 is 5.97 Å². The number of hydrogen-bond donors (Lipinski definition) is 0. The van der Waals surface area contributed by atoms with Gasteiger partial charge in [0.2, 0.25) is 0 Å². The first kappa shape index (κ1) is 16.7. The minimum atomic E-state index is -0.390. The van der Waals surface area contributed by atoms with Crippen molar-refractivity contribution in [1.29, 1.82) is 0 Å². The van der Waals surface area contributed by atoms with Gasteiger partial charge in [0, 0.05) is 35.6 Å². The topological polar surface area (TPSA) is 57.0 Å². The summed E-state index contributed by atoms with van der Waals surface area (Å²) in [7, 11) is 0. The van der Waals surface area contributed by atoms with Crippen molar-refractivity contribution in [3.8, 4) is 5.69 Å². The Hall–Kier alpha value is -3.73. The molecule has 0 aliphatic heterocycles. The zero-order valence-corrected chi connectivity index (χ0v) is 14.5. The predicted octanol–water partition coefficient (Wildman–Crippen LogP) is 4.18. The smallest absolute Gasteiger partial charge is 0.331 e. The summed E-state index contributed by atoms with van der Waals surface area (Å²) in [6.45, 7) is 0.219. The molecule has 4 aromatic rings. The van der Waals surface area contributed by atoms with Crippen LogP contribution in [0.15, 0.2) is 85.3 Å². The number of rotatable bonds is 5. The van der Waals surface area contributed by atoms with Crippen LogP contribution in [0, 0.1) is 0 Å². The molecule has 0 amide bonds. The summed E-state index contributed by atoms with van der Waals surface area (Å²) in [5.41, 5.74) is 3.62. The molecule has 27 heavy (non-hydrogen) atoms. The molecule has 0 fully saturated rings. The molecule has 2 aromatic heterocycles. The number of carbonyl (C=O) groups is 1. The first-order valence-electron chi connectivity index (χ1n) is 8.57. The van der Waals surface area contributed by atoms with Gasteiger partial charge in [-0.25, -0.2) is 9.48 Å². The van der Waals surface area contributed by atoms with E-state index in [9.17, 15) is 4.79 Å². The maximum absolute atomic E-state index is 12.0. The van der Waals surface area contributed by atoms with Crippen LogP contribution < -0.4 is 0 Å². The van der Waals surface area contributed by atoms with Gasteiger partial charge in [0.05, 0.1) is 11.2 Å². The van der Waals surface area contributed by atoms with Crippen molar-refractivity contribution in [2.75, 3.05) is 0 Å². The third-order valence-corrected chi connectivity index (χ3v) is 4.15. The lowest BCUT2D eigenvalue weighted by molar-refractivity contribution is -0.138. The number of fused-ring (bicyclic) bond motifs is 1. The van der Waals surface area contributed by atoms with Gasteiger partial charge in [-0.05, 0) is 35.9 Å². The molecule has 0 N–H and O–H groups in total. The molecular weight excluding hydrogens is 338 g/mol. The van der Waals surface area contributed by atoms with Crippen LogP contribution in [0.2, 0.25) is 0 Å². The van der Waals surface area contributed by atoms with Crippen molar-refractivity contribution in [3.63, 3.8) is 0 Å². The number of carbonyl (C=O) groups excluding carboxylic acids is 1. The zero-order chi connectivity index (χ0) is 18.5. The van der Waals surface area contributed by atoms with E-state index in [1.54, 1.807) is 23.2 Å². The van der Waals surface area contributed by atoms with Crippen molar-refractivity contribution < 1.29 is 9.53 Å². The molecule has 5 nitrogen and oxygen atoms in total. The molecule has 0 saturated carbocycles. The average Bonchev–Trinajstić information content (AvgIpc) is 3.26. The maximum Gasteiger partial charge on any atom is 0.331 e. The highest BCUT2D eigenvalue weighted by Crippen LogP contribution is 2.17. The van der Waals surface area contributed by atoms with Crippen LogP contribution in [0.3, 0.4) is 0 Å². The molecule has 0 spiro atoms. The van der Waals surface area contributed by atoms with Crippen molar-refractivity contribution >= 4 is 22.9 Å². The molecule has 2 aromatic carbocycles. The van der Waals surface area contributed by atoms with Crippen LogP contribution in [0.1, 0.15) is 11.1 Å². The highest BCUT2D eigenvalue weighted by molar-refractivity contribution is 5.92. The zero-order valence-electron chi connectivity index (χ0n) is 14.5. The first-order valence-corrected chi connectivity index (χ1v) is 8.57. The second-order valence-electron chi connectivity index (χ2n) is 5.98. The van der Waals surface area contributed by atoms with E-state index in [4.69, 9.17) is 4.74 Å². The van der Waals surface area contributed by atoms with Crippen molar-refractivity contribution in [2.45, 2.75) is 6.61 Å². The number of benzene rings is 2. The van der Waals surface area contributed by atoms with Crippen molar-refractivity contribution in [2.24, 2.45) is 0 Å². The number of pyridine rings is 1. The number of ether oxygens (including phenoxy) is 1. The molecule has 0 unspecified atom stereocenters. The van der Waals surface area contributed by atoms with Gasteiger partial charge in [-0.15, -0.1) is 0 Å². The quantitative estimate of drug-likeness (QED) is 0.398. The van der Waals surface area contributed by atoms with Gasteiger partial charge in [0.15, 0.2) is 0 Å². The Balaban J connectivity index is 1.39. The Morgan fingerprint density at radius 3 is 2.67 bits per heavy atom. The van der Waals surface area contributed by atoms with Gasteiger partial charge in [0.25, 0.3) is 0 Å². The van der Waals surface area contributed by atoms with Crippen LogP contribution in [-0.4, -0.2) is 20.7 Å². The first-order chi connectivity index (χ1) is 13.3. The summed E-state index contributed by atoms with van der Waals surface area (Å²) in [5.74, 6) is -0.390. The number of nitrogens with zero attached hydrogens (tertiary/aromatic N) is 3. The molecule has 0 aliphatic carbocycles. The Morgan fingerprint density at radius 1 is 1.00 bits per heavy atom. The molecule has 4 rings (SSSR count). The molecule has 0 radical (unpaired) electrons. The van der Waals surface area contributed by atoms with Crippen molar-refractivity contribution in [1.82, 2.24) is 14.8 Å². The highest BCUT2D eigenvalue weighted by Gasteiger charge is 2.02. The standard InChI is InChI=1S/C22H17N3O2/c26-21(12-9-19-5-1-4-18-6-2-13-23-22(18)19)27-16-17-7-10-20(11-8-17)25-15-3-14-24-25/h1-15H,16H2/b12-9+. The number of esters is 1. The molecule has 5 heteroatoms. The second kappa shape index (κ2) is 7.66. The van der Waals surface area contributed by atoms with Crippen LogP contribution in [0.4, 0.5) is 0 Å². The summed E-state index contributed by atoms with van der Waals surface area (Å²) < 4.78 is 7.10. The minimum Gasteiger partial charge on any atom is -0.458 e. The second-order valence-corrected chi connectivity index (χ2v) is 5.98. The van der Waals surface area contributed by atoms with Gasteiger partial charge in [-0.1, -0.05) is 36.4 Å². The van der Waals surface area contributed by atoms with E-state index in [1.807, 2.05) is 66.9 Å². The predicted molar refractivity (Wildman–Crippen MR) is 104 cm³/mol. The van der Waals surface area contributed by atoms with E-state index in [1.165, 1.54) is 6.08 Å². The normalized spacial score (nSPS) is 11.1. The third kappa shape index (κ3) is 3.93.